The fourth-order valence-electron chi connectivity index (χ4n) is 2.22. The predicted molar refractivity (Wildman–Crippen MR) is 76.4 cm³/mol. The van der Waals surface area contributed by atoms with Gasteiger partial charge in [-0.1, -0.05) is 37.3 Å². The zero-order valence-electron chi connectivity index (χ0n) is 11.4. The molecule has 0 aliphatic heterocycles. The average Bonchev–Trinajstić information content (AvgIpc) is 2.46. The summed E-state index contributed by atoms with van der Waals surface area (Å²) in [6.45, 7) is 4.03. The number of nitrogens with zero attached hydrogens (tertiary/aromatic N) is 2. The van der Waals surface area contributed by atoms with Crippen molar-refractivity contribution in [1.29, 1.82) is 0 Å². The fraction of sp³-hybridized carbons (Fsp3) is 0.333. The zero-order valence-corrected chi connectivity index (χ0v) is 11.4. The molecule has 0 fully saturated rings. The van der Waals surface area contributed by atoms with E-state index in [1.165, 1.54) is 5.56 Å². The van der Waals surface area contributed by atoms with Gasteiger partial charge in [-0.25, -0.2) is 0 Å². The molecule has 1 aromatic carbocycles. The van der Waals surface area contributed by atoms with Gasteiger partial charge in [0.2, 0.25) is 0 Å². The maximum Gasteiger partial charge on any atom is 0.0676 e. The van der Waals surface area contributed by atoms with Crippen LogP contribution in [0.4, 0.5) is 0 Å². The van der Waals surface area contributed by atoms with Crippen LogP contribution in [0.25, 0.3) is 0 Å². The second kappa shape index (κ2) is 6.41. The number of aromatic nitrogens is 2. The molecule has 100 valence electrons. The Morgan fingerprint density at radius 3 is 2.58 bits per heavy atom. The van der Waals surface area contributed by atoms with Crippen LogP contribution in [0, 0.1) is 6.92 Å². The van der Waals surface area contributed by atoms with Gasteiger partial charge in [0.15, 0.2) is 0 Å². The quantitative estimate of drug-likeness (QED) is 0.635. The zero-order chi connectivity index (χ0) is 13.7. The average molecular weight is 256 g/mol. The van der Waals surface area contributed by atoms with Gasteiger partial charge in [-0.15, -0.1) is 0 Å². The molecule has 3 N–H and O–H groups in total. The highest BCUT2D eigenvalue weighted by atomic mass is 15.2. The molecule has 0 saturated carbocycles. The van der Waals surface area contributed by atoms with E-state index in [2.05, 4.69) is 40.7 Å². The SMILES string of the molecule is CCc1nnc(C)cc1C(Cc1ccccc1)NN. The van der Waals surface area contributed by atoms with Crippen LogP contribution in [0.5, 0.6) is 0 Å². The largest absolute Gasteiger partial charge is 0.271 e. The van der Waals surface area contributed by atoms with Crippen LogP contribution in [0.2, 0.25) is 0 Å². The van der Waals surface area contributed by atoms with E-state index >= 15 is 0 Å². The third-order valence-corrected chi connectivity index (χ3v) is 3.22. The number of benzene rings is 1. The molecule has 0 aliphatic rings. The third-order valence-electron chi connectivity index (χ3n) is 3.22. The van der Waals surface area contributed by atoms with Crippen molar-refractivity contribution in [3.8, 4) is 0 Å². The molecule has 2 rings (SSSR count). The van der Waals surface area contributed by atoms with Crippen molar-refractivity contribution in [3.63, 3.8) is 0 Å². The third kappa shape index (κ3) is 3.36. The van der Waals surface area contributed by atoms with Crippen molar-refractivity contribution in [2.45, 2.75) is 32.7 Å². The van der Waals surface area contributed by atoms with Gasteiger partial charge < -0.3 is 0 Å². The molecule has 0 bridgehead atoms. The monoisotopic (exact) mass is 256 g/mol. The van der Waals surface area contributed by atoms with E-state index in [0.29, 0.717) is 0 Å². The minimum Gasteiger partial charge on any atom is -0.271 e. The highest BCUT2D eigenvalue weighted by Crippen LogP contribution is 2.21. The van der Waals surface area contributed by atoms with Gasteiger partial charge in [-0.2, -0.15) is 10.2 Å². The molecule has 4 heteroatoms. The van der Waals surface area contributed by atoms with E-state index in [1.54, 1.807) is 0 Å². The first-order chi connectivity index (χ1) is 9.24. The predicted octanol–water partition coefficient (Wildman–Crippen LogP) is 2.09. The number of aryl methyl sites for hydroxylation is 2. The standard InChI is InChI=1S/C15H20N4/c1-3-14-13(9-11(2)18-19-14)15(17-16)10-12-7-5-4-6-8-12/h4-9,15,17H,3,10,16H2,1-2H3. The number of nitrogens with two attached hydrogens (primary N) is 1. The molecule has 1 aromatic heterocycles. The van der Waals surface area contributed by atoms with Crippen LogP contribution < -0.4 is 11.3 Å². The topological polar surface area (TPSA) is 63.8 Å². The minimum atomic E-state index is 0.0616. The summed E-state index contributed by atoms with van der Waals surface area (Å²) in [5.74, 6) is 5.73. The summed E-state index contributed by atoms with van der Waals surface area (Å²) >= 11 is 0. The van der Waals surface area contributed by atoms with Crippen molar-refractivity contribution in [3.05, 3.63) is 58.9 Å². The Balaban J connectivity index is 2.29. The van der Waals surface area contributed by atoms with Crippen LogP contribution >= 0.6 is 0 Å². The van der Waals surface area contributed by atoms with Gasteiger partial charge in [0.05, 0.1) is 17.4 Å². The molecular formula is C15H20N4. The fourth-order valence-corrected chi connectivity index (χ4v) is 2.22. The van der Waals surface area contributed by atoms with Crippen LogP contribution in [0.3, 0.4) is 0 Å². The summed E-state index contributed by atoms with van der Waals surface area (Å²) in [7, 11) is 0. The number of hydrazine groups is 1. The van der Waals surface area contributed by atoms with Crippen LogP contribution in [-0.4, -0.2) is 10.2 Å². The normalized spacial score (nSPS) is 12.4. The molecule has 1 atom stereocenters. The van der Waals surface area contributed by atoms with Crippen LogP contribution in [0.1, 0.15) is 35.5 Å². The molecule has 4 nitrogen and oxygen atoms in total. The van der Waals surface area contributed by atoms with E-state index in [1.807, 2.05) is 25.1 Å². The summed E-state index contributed by atoms with van der Waals surface area (Å²) in [4.78, 5) is 0. The molecule has 0 aliphatic carbocycles. The lowest BCUT2D eigenvalue weighted by atomic mass is 9.97. The second-order valence-electron chi connectivity index (χ2n) is 4.65. The van der Waals surface area contributed by atoms with E-state index in [-0.39, 0.29) is 6.04 Å². The summed E-state index contributed by atoms with van der Waals surface area (Å²) < 4.78 is 0. The van der Waals surface area contributed by atoms with Gasteiger partial charge in [0.25, 0.3) is 0 Å². The summed E-state index contributed by atoms with van der Waals surface area (Å²) in [6, 6.07) is 12.4. The molecule has 1 unspecified atom stereocenters. The van der Waals surface area contributed by atoms with E-state index in [4.69, 9.17) is 5.84 Å². The second-order valence-corrected chi connectivity index (χ2v) is 4.65. The molecule has 0 saturated heterocycles. The van der Waals surface area contributed by atoms with Crippen molar-refractivity contribution >= 4 is 0 Å². The molecule has 0 radical (unpaired) electrons. The van der Waals surface area contributed by atoms with Gasteiger partial charge in [0.1, 0.15) is 0 Å². The summed E-state index contributed by atoms with van der Waals surface area (Å²) in [5.41, 5.74) is 7.21. The maximum absolute atomic E-state index is 5.73. The molecule has 19 heavy (non-hydrogen) atoms. The highest BCUT2D eigenvalue weighted by molar-refractivity contribution is 5.27. The Morgan fingerprint density at radius 1 is 1.21 bits per heavy atom. The van der Waals surface area contributed by atoms with E-state index in [0.717, 1.165) is 29.8 Å². The summed E-state index contributed by atoms with van der Waals surface area (Å²) in [6.07, 6.45) is 1.70. The van der Waals surface area contributed by atoms with Gasteiger partial charge >= 0.3 is 0 Å². The number of hydrogen-bond acceptors (Lipinski definition) is 4. The Labute approximate surface area is 114 Å². The van der Waals surface area contributed by atoms with Crippen molar-refractivity contribution < 1.29 is 0 Å². The van der Waals surface area contributed by atoms with Crippen molar-refractivity contribution in [2.24, 2.45) is 5.84 Å². The number of hydrogen-bond donors (Lipinski definition) is 2. The number of rotatable bonds is 5. The molecule has 0 spiro atoms. The van der Waals surface area contributed by atoms with Crippen LogP contribution in [-0.2, 0) is 12.8 Å². The number of nitrogens with one attached hydrogen (secondary N) is 1. The van der Waals surface area contributed by atoms with Crippen LogP contribution in [0.15, 0.2) is 36.4 Å². The van der Waals surface area contributed by atoms with E-state index < -0.39 is 0 Å². The smallest absolute Gasteiger partial charge is 0.0676 e. The Morgan fingerprint density at radius 2 is 1.95 bits per heavy atom. The Hall–Kier alpha value is -1.78. The first kappa shape index (κ1) is 13.6. The lowest BCUT2D eigenvalue weighted by Crippen LogP contribution is -2.30. The lowest BCUT2D eigenvalue weighted by Gasteiger charge is -2.19. The van der Waals surface area contributed by atoms with Crippen molar-refractivity contribution in [1.82, 2.24) is 15.6 Å². The van der Waals surface area contributed by atoms with E-state index in [9.17, 15) is 0 Å². The molecular weight excluding hydrogens is 236 g/mol. The minimum absolute atomic E-state index is 0.0616. The van der Waals surface area contributed by atoms with Gasteiger partial charge in [-0.3, -0.25) is 11.3 Å². The van der Waals surface area contributed by atoms with Gasteiger partial charge in [0, 0.05) is 0 Å². The van der Waals surface area contributed by atoms with Gasteiger partial charge in [-0.05, 0) is 37.0 Å². The highest BCUT2D eigenvalue weighted by Gasteiger charge is 2.15. The molecule has 1 heterocycles. The molecule has 0 amide bonds. The molecule has 2 aromatic rings. The Kier molecular flexibility index (Phi) is 4.60. The summed E-state index contributed by atoms with van der Waals surface area (Å²) in [5, 5.41) is 8.38. The van der Waals surface area contributed by atoms with Crippen molar-refractivity contribution in [2.75, 3.05) is 0 Å². The first-order valence-electron chi connectivity index (χ1n) is 6.57. The first-order valence-corrected chi connectivity index (χ1v) is 6.57. The maximum atomic E-state index is 5.73. The Bertz CT molecular complexity index is 525. The lowest BCUT2D eigenvalue weighted by molar-refractivity contribution is 0.541.